The van der Waals surface area contributed by atoms with Crippen molar-refractivity contribution >= 4 is 37.6 Å². The topological polar surface area (TPSA) is 29.1 Å². The molecule has 1 aliphatic heterocycles. The highest BCUT2D eigenvalue weighted by Crippen LogP contribution is 2.45. The van der Waals surface area contributed by atoms with E-state index >= 15 is 0 Å². The minimum Gasteiger partial charge on any atom is -0.302 e. The van der Waals surface area contributed by atoms with Crippen molar-refractivity contribution in [3.8, 4) is 0 Å². The normalized spacial score (nSPS) is 29.5. The van der Waals surface area contributed by atoms with Gasteiger partial charge in [0, 0.05) is 32.9 Å². The summed E-state index contributed by atoms with van der Waals surface area (Å²) in [5.41, 5.74) is 2.41. The van der Waals surface area contributed by atoms with Crippen molar-refractivity contribution in [3.05, 3.63) is 68.6 Å². The molecule has 1 N–H and O–H groups in total. The Hall–Kier alpha value is -0.970. The van der Waals surface area contributed by atoms with Crippen LogP contribution in [0.3, 0.4) is 0 Å². The van der Waals surface area contributed by atoms with E-state index in [0.717, 1.165) is 28.2 Å². The fourth-order valence-electron chi connectivity index (χ4n) is 4.20. The van der Waals surface area contributed by atoms with Crippen LogP contribution in [0.1, 0.15) is 42.5 Å². The number of halogens is 2. The molecule has 0 spiro atoms. The fourth-order valence-corrected chi connectivity index (χ4v) is 4.73. The lowest BCUT2D eigenvalue weighted by atomic mass is 9.67. The summed E-state index contributed by atoms with van der Waals surface area (Å²) in [6, 6.07) is 17.0. The number of carbonyl (C=O) groups is 1. The molecular weight excluding hydrogens is 430 g/mol. The van der Waals surface area contributed by atoms with Crippen molar-refractivity contribution in [2.75, 3.05) is 0 Å². The van der Waals surface area contributed by atoms with Crippen molar-refractivity contribution in [1.29, 1.82) is 0 Å². The molecular formula is C20H19Br2NO. The molecule has 1 aliphatic carbocycles. The Morgan fingerprint density at radius 2 is 1.17 bits per heavy atom. The summed E-state index contributed by atoms with van der Waals surface area (Å²) in [4.78, 5) is 13.1. The molecule has 1 saturated heterocycles. The van der Waals surface area contributed by atoms with E-state index in [2.05, 4.69) is 85.7 Å². The first kappa shape index (κ1) is 16.5. The quantitative estimate of drug-likeness (QED) is 0.649. The van der Waals surface area contributed by atoms with Gasteiger partial charge in [-0.3, -0.25) is 4.79 Å². The van der Waals surface area contributed by atoms with Crippen molar-refractivity contribution in [3.63, 3.8) is 0 Å². The van der Waals surface area contributed by atoms with Crippen LogP contribution in [-0.2, 0) is 4.79 Å². The van der Waals surface area contributed by atoms with Crippen molar-refractivity contribution in [2.24, 2.45) is 11.8 Å². The van der Waals surface area contributed by atoms with Gasteiger partial charge in [0.2, 0.25) is 0 Å². The van der Waals surface area contributed by atoms with Crippen LogP contribution in [0.25, 0.3) is 0 Å². The molecule has 124 valence electrons. The zero-order valence-corrected chi connectivity index (χ0v) is 16.4. The minimum atomic E-state index is 0.107. The standard InChI is InChI=1S/C20H19Br2NO/c21-14-8-4-12(5-9-14)18-16-2-1-3-17(20(16)24)19(23-18)13-6-10-15(22)11-7-13/h4-11,16-19,23H,1-3H2/t16-,17+,18-,19-/m1/s1. The average molecular weight is 449 g/mol. The number of hydrogen-bond donors (Lipinski definition) is 1. The number of nitrogens with one attached hydrogen (secondary N) is 1. The van der Waals surface area contributed by atoms with Gasteiger partial charge in [0.15, 0.2) is 0 Å². The first-order chi connectivity index (χ1) is 11.6. The Morgan fingerprint density at radius 3 is 1.58 bits per heavy atom. The third-order valence-corrected chi connectivity index (χ3v) is 6.44. The smallest absolute Gasteiger partial charge is 0.142 e. The van der Waals surface area contributed by atoms with Gasteiger partial charge in [-0.2, -0.15) is 0 Å². The number of ketones is 1. The van der Waals surface area contributed by atoms with E-state index in [-0.39, 0.29) is 23.9 Å². The Balaban J connectivity index is 1.71. The van der Waals surface area contributed by atoms with Gasteiger partial charge >= 0.3 is 0 Å². The van der Waals surface area contributed by atoms with E-state index in [1.54, 1.807) is 0 Å². The molecule has 0 radical (unpaired) electrons. The van der Waals surface area contributed by atoms with Gasteiger partial charge in [0.1, 0.15) is 5.78 Å². The first-order valence-corrected chi connectivity index (χ1v) is 10.0. The molecule has 2 bridgehead atoms. The molecule has 24 heavy (non-hydrogen) atoms. The van der Waals surface area contributed by atoms with Gasteiger partial charge in [0.05, 0.1) is 0 Å². The second-order valence-corrected chi connectivity index (χ2v) is 8.60. The maximum Gasteiger partial charge on any atom is 0.142 e. The summed E-state index contributed by atoms with van der Waals surface area (Å²) in [6.07, 6.45) is 3.13. The van der Waals surface area contributed by atoms with Crippen LogP contribution >= 0.6 is 31.9 Å². The molecule has 2 nitrogen and oxygen atoms in total. The average Bonchev–Trinajstić information content (AvgIpc) is 2.57. The number of fused-ring (bicyclic) bond motifs is 2. The van der Waals surface area contributed by atoms with Crippen LogP contribution in [-0.4, -0.2) is 5.78 Å². The molecule has 2 fully saturated rings. The predicted octanol–water partition coefficient (Wildman–Crippen LogP) is 5.58. The van der Waals surface area contributed by atoms with Crippen LogP contribution in [0, 0.1) is 11.8 Å². The number of rotatable bonds is 2. The van der Waals surface area contributed by atoms with E-state index in [9.17, 15) is 4.79 Å². The summed E-state index contributed by atoms with van der Waals surface area (Å²) in [7, 11) is 0. The van der Waals surface area contributed by atoms with Gasteiger partial charge in [-0.25, -0.2) is 0 Å². The van der Waals surface area contributed by atoms with Crippen LogP contribution in [0.4, 0.5) is 0 Å². The largest absolute Gasteiger partial charge is 0.302 e. The highest BCUT2D eigenvalue weighted by Gasteiger charge is 2.46. The summed E-state index contributed by atoms with van der Waals surface area (Å²) < 4.78 is 2.14. The van der Waals surface area contributed by atoms with E-state index < -0.39 is 0 Å². The van der Waals surface area contributed by atoms with E-state index in [0.29, 0.717) is 5.78 Å². The zero-order chi connectivity index (χ0) is 16.7. The number of piperidine rings is 1. The Morgan fingerprint density at radius 1 is 0.750 bits per heavy atom. The third-order valence-electron chi connectivity index (χ3n) is 5.38. The van der Waals surface area contributed by atoms with Crippen LogP contribution in [0.2, 0.25) is 0 Å². The zero-order valence-electron chi connectivity index (χ0n) is 13.2. The lowest BCUT2D eigenvalue weighted by molar-refractivity contribution is -0.135. The number of Topliss-reactive ketones (excluding diaryl/α,β-unsaturated/α-hetero) is 1. The maximum atomic E-state index is 13.1. The van der Waals surface area contributed by atoms with E-state index in [1.165, 1.54) is 11.1 Å². The van der Waals surface area contributed by atoms with Gasteiger partial charge < -0.3 is 5.32 Å². The van der Waals surface area contributed by atoms with Crippen molar-refractivity contribution in [1.82, 2.24) is 5.32 Å². The number of hydrogen-bond acceptors (Lipinski definition) is 2. The molecule has 0 amide bonds. The van der Waals surface area contributed by atoms with Crippen LogP contribution in [0.5, 0.6) is 0 Å². The summed E-state index contributed by atoms with van der Waals surface area (Å²) in [6.45, 7) is 0. The lowest BCUT2D eigenvalue weighted by Gasteiger charge is -2.45. The molecule has 4 rings (SSSR count). The third kappa shape index (κ3) is 3.00. The van der Waals surface area contributed by atoms with Gasteiger partial charge in [-0.05, 0) is 48.2 Å². The number of carbonyl (C=O) groups excluding carboxylic acids is 1. The van der Waals surface area contributed by atoms with E-state index in [4.69, 9.17) is 0 Å². The van der Waals surface area contributed by atoms with Crippen LogP contribution in [0.15, 0.2) is 57.5 Å². The van der Waals surface area contributed by atoms with Gasteiger partial charge in [-0.1, -0.05) is 62.5 Å². The molecule has 0 aromatic heterocycles. The molecule has 2 aromatic rings. The second kappa shape index (κ2) is 6.74. The molecule has 1 heterocycles. The highest BCUT2D eigenvalue weighted by molar-refractivity contribution is 9.10. The summed E-state index contributed by atoms with van der Waals surface area (Å²) >= 11 is 7.00. The second-order valence-electron chi connectivity index (χ2n) is 6.77. The Kier molecular flexibility index (Phi) is 4.63. The molecule has 4 heteroatoms. The molecule has 2 aromatic carbocycles. The number of benzene rings is 2. The Labute approximate surface area is 159 Å². The van der Waals surface area contributed by atoms with Gasteiger partial charge in [0.25, 0.3) is 0 Å². The Bertz CT molecular complexity index is 680. The SMILES string of the molecule is O=C1[C@H]2CCC[C@@H]1[C@@H](c1ccc(Br)cc1)N[C@@H]2c1ccc(Br)cc1. The molecule has 2 aliphatic rings. The highest BCUT2D eigenvalue weighted by atomic mass is 79.9. The van der Waals surface area contributed by atoms with Crippen molar-refractivity contribution in [2.45, 2.75) is 31.3 Å². The maximum absolute atomic E-state index is 13.1. The molecule has 1 saturated carbocycles. The van der Waals surface area contributed by atoms with Crippen LogP contribution < -0.4 is 5.32 Å². The lowest BCUT2D eigenvalue weighted by Crippen LogP contribution is -2.50. The monoisotopic (exact) mass is 447 g/mol. The van der Waals surface area contributed by atoms with E-state index in [1.807, 2.05) is 0 Å². The van der Waals surface area contributed by atoms with Crippen molar-refractivity contribution < 1.29 is 4.79 Å². The summed E-state index contributed by atoms with van der Waals surface area (Å²) in [5, 5.41) is 3.81. The first-order valence-electron chi connectivity index (χ1n) is 8.44. The van der Waals surface area contributed by atoms with Gasteiger partial charge in [-0.15, -0.1) is 0 Å². The predicted molar refractivity (Wildman–Crippen MR) is 103 cm³/mol. The summed E-state index contributed by atoms with van der Waals surface area (Å²) in [5.74, 6) is 0.661. The minimum absolute atomic E-state index is 0.107. The fraction of sp³-hybridized carbons (Fsp3) is 0.350. The molecule has 0 unspecified atom stereocenters. The molecule has 4 atom stereocenters.